The van der Waals surface area contributed by atoms with E-state index >= 15 is 0 Å². The third-order valence-corrected chi connectivity index (χ3v) is 3.61. The fourth-order valence-electron chi connectivity index (χ4n) is 1.90. The molecule has 0 aromatic heterocycles. The lowest BCUT2D eigenvalue weighted by atomic mass is 10.1. The van der Waals surface area contributed by atoms with Crippen molar-refractivity contribution in [2.24, 2.45) is 0 Å². The van der Waals surface area contributed by atoms with Gasteiger partial charge in [0, 0.05) is 5.56 Å². The van der Waals surface area contributed by atoms with Crippen molar-refractivity contribution in [3.05, 3.63) is 63.4 Å². The number of aryl methyl sites for hydroxylation is 1. The first kappa shape index (κ1) is 15.0. The molecule has 0 saturated heterocycles. The molecule has 0 amide bonds. The predicted octanol–water partition coefficient (Wildman–Crippen LogP) is 4.53. The summed E-state index contributed by atoms with van der Waals surface area (Å²) in [5.74, 6) is 0.356. The zero-order chi connectivity index (χ0) is 14.7. The van der Waals surface area contributed by atoms with E-state index in [-0.39, 0.29) is 5.82 Å². The summed E-state index contributed by atoms with van der Waals surface area (Å²) in [4.78, 5) is 0. The van der Waals surface area contributed by atoms with Gasteiger partial charge in [-0.05, 0) is 59.1 Å². The Kier molecular flexibility index (Phi) is 4.78. The molecule has 0 saturated carbocycles. The van der Waals surface area contributed by atoms with Gasteiger partial charge in [-0.2, -0.15) is 0 Å². The van der Waals surface area contributed by atoms with Gasteiger partial charge in [0.2, 0.25) is 0 Å². The second-order valence-electron chi connectivity index (χ2n) is 4.75. The summed E-state index contributed by atoms with van der Waals surface area (Å²) in [6, 6.07) is 10.4. The quantitative estimate of drug-likeness (QED) is 0.887. The van der Waals surface area contributed by atoms with Crippen molar-refractivity contribution in [1.82, 2.24) is 0 Å². The fourth-order valence-corrected chi connectivity index (χ4v) is 2.33. The molecule has 0 fully saturated rings. The maximum absolute atomic E-state index is 13.2. The highest BCUT2D eigenvalue weighted by molar-refractivity contribution is 9.10. The molecule has 106 valence electrons. The van der Waals surface area contributed by atoms with Gasteiger partial charge in [0.1, 0.15) is 18.2 Å². The molecule has 20 heavy (non-hydrogen) atoms. The Hall–Kier alpha value is -1.39. The normalized spacial score (nSPS) is 12.2. The minimum atomic E-state index is -0.592. The topological polar surface area (TPSA) is 29.5 Å². The van der Waals surface area contributed by atoms with Gasteiger partial charge < -0.3 is 9.84 Å². The van der Waals surface area contributed by atoms with E-state index in [1.807, 2.05) is 25.1 Å². The first-order chi connectivity index (χ1) is 9.47. The fraction of sp³-hybridized carbons (Fsp3) is 0.250. The van der Waals surface area contributed by atoms with Crippen LogP contribution in [0, 0.1) is 12.7 Å². The van der Waals surface area contributed by atoms with E-state index in [2.05, 4.69) is 15.9 Å². The number of ether oxygens (including phenoxy) is 1. The second kappa shape index (κ2) is 6.37. The van der Waals surface area contributed by atoms with Gasteiger partial charge in [-0.15, -0.1) is 0 Å². The zero-order valence-corrected chi connectivity index (χ0v) is 12.9. The molecule has 0 bridgehead atoms. The second-order valence-corrected chi connectivity index (χ2v) is 5.61. The van der Waals surface area contributed by atoms with Crippen LogP contribution in [0.25, 0.3) is 0 Å². The van der Waals surface area contributed by atoms with Gasteiger partial charge in [0.05, 0.1) is 10.6 Å². The molecule has 0 aliphatic rings. The number of aliphatic hydroxyl groups excluding tert-OH is 1. The molecule has 2 aromatic rings. The average molecular weight is 339 g/mol. The summed E-state index contributed by atoms with van der Waals surface area (Å²) in [6.45, 7) is 3.99. The van der Waals surface area contributed by atoms with E-state index in [0.717, 1.165) is 16.7 Å². The number of halogens is 2. The van der Waals surface area contributed by atoms with Gasteiger partial charge in [-0.3, -0.25) is 0 Å². The van der Waals surface area contributed by atoms with Crippen LogP contribution in [-0.2, 0) is 6.61 Å². The lowest BCUT2D eigenvalue weighted by molar-refractivity contribution is 0.190. The maximum Gasteiger partial charge on any atom is 0.137 e. The highest BCUT2D eigenvalue weighted by Crippen LogP contribution is 2.27. The molecular weight excluding hydrogens is 323 g/mol. The summed E-state index contributed by atoms with van der Waals surface area (Å²) >= 11 is 3.15. The van der Waals surface area contributed by atoms with Crippen LogP contribution in [-0.4, -0.2) is 5.11 Å². The van der Waals surface area contributed by atoms with Gasteiger partial charge in [0.15, 0.2) is 0 Å². The Balaban J connectivity index is 2.17. The third kappa shape index (κ3) is 3.58. The molecule has 0 aliphatic heterocycles. The number of hydrogen-bond acceptors (Lipinski definition) is 2. The SMILES string of the molecule is Cc1ccc([C@H](C)O)c(OCc2ccc(F)c(Br)c2)c1. The molecule has 4 heteroatoms. The average Bonchev–Trinajstić information content (AvgIpc) is 2.40. The Morgan fingerprint density at radius 2 is 2.00 bits per heavy atom. The van der Waals surface area contributed by atoms with Crippen LogP contribution in [0.3, 0.4) is 0 Å². The van der Waals surface area contributed by atoms with Crippen LogP contribution in [0.2, 0.25) is 0 Å². The molecule has 2 aromatic carbocycles. The van der Waals surface area contributed by atoms with Crippen molar-refractivity contribution in [3.63, 3.8) is 0 Å². The minimum Gasteiger partial charge on any atom is -0.489 e. The molecule has 0 spiro atoms. The van der Waals surface area contributed by atoms with Gasteiger partial charge in [-0.1, -0.05) is 18.2 Å². The lowest BCUT2D eigenvalue weighted by Crippen LogP contribution is -2.01. The van der Waals surface area contributed by atoms with Gasteiger partial charge >= 0.3 is 0 Å². The number of rotatable bonds is 4. The van der Waals surface area contributed by atoms with E-state index < -0.39 is 6.10 Å². The van der Waals surface area contributed by atoms with Crippen molar-refractivity contribution in [3.8, 4) is 5.75 Å². The Labute approximate surface area is 126 Å². The van der Waals surface area contributed by atoms with Gasteiger partial charge in [-0.25, -0.2) is 4.39 Å². The Morgan fingerprint density at radius 3 is 2.65 bits per heavy atom. The van der Waals surface area contributed by atoms with E-state index in [1.54, 1.807) is 19.1 Å². The smallest absolute Gasteiger partial charge is 0.137 e. The molecule has 1 atom stereocenters. The first-order valence-electron chi connectivity index (χ1n) is 6.32. The minimum absolute atomic E-state index is 0.297. The standard InChI is InChI=1S/C16H16BrFO2/c1-10-3-5-13(11(2)19)16(7-10)20-9-12-4-6-15(18)14(17)8-12/h3-8,11,19H,9H2,1-2H3/t11-/m0/s1. The Morgan fingerprint density at radius 1 is 1.25 bits per heavy atom. The monoisotopic (exact) mass is 338 g/mol. The van der Waals surface area contributed by atoms with E-state index in [0.29, 0.717) is 16.8 Å². The molecule has 1 N–H and O–H groups in total. The number of aliphatic hydroxyl groups is 1. The van der Waals surface area contributed by atoms with E-state index in [9.17, 15) is 9.50 Å². The molecule has 0 aliphatic carbocycles. The highest BCUT2D eigenvalue weighted by atomic mass is 79.9. The first-order valence-corrected chi connectivity index (χ1v) is 7.12. The molecular formula is C16H16BrFO2. The summed E-state index contributed by atoms with van der Waals surface area (Å²) in [6.07, 6.45) is -0.592. The zero-order valence-electron chi connectivity index (χ0n) is 11.4. The van der Waals surface area contributed by atoms with Crippen molar-refractivity contribution in [2.75, 3.05) is 0 Å². The van der Waals surface area contributed by atoms with Crippen LogP contribution in [0.5, 0.6) is 5.75 Å². The van der Waals surface area contributed by atoms with Crippen molar-refractivity contribution < 1.29 is 14.2 Å². The van der Waals surface area contributed by atoms with Crippen LogP contribution in [0.4, 0.5) is 4.39 Å². The van der Waals surface area contributed by atoms with Gasteiger partial charge in [0.25, 0.3) is 0 Å². The summed E-state index contributed by atoms with van der Waals surface area (Å²) in [7, 11) is 0. The predicted molar refractivity (Wildman–Crippen MR) is 80.2 cm³/mol. The maximum atomic E-state index is 13.2. The number of hydrogen-bond donors (Lipinski definition) is 1. The summed E-state index contributed by atoms with van der Waals surface area (Å²) in [5, 5.41) is 9.74. The highest BCUT2D eigenvalue weighted by Gasteiger charge is 2.10. The largest absolute Gasteiger partial charge is 0.489 e. The molecule has 0 unspecified atom stereocenters. The van der Waals surface area contributed by atoms with E-state index in [4.69, 9.17) is 4.74 Å². The van der Waals surface area contributed by atoms with E-state index in [1.165, 1.54) is 6.07 Å². The Bertz CT molecular complexity index is 611. The molecule has 2 rings (SSSR count). The van der Waals surface area contributed by atoms with Crippen LogP contribution in [0.15, 0.2) is 40.9 Å². The van der Waals surface area contributed by atoms with Crippen molar-refractivity contribution >= 4 is 15.9 Å². The van der Waals surface area contributed by atoms with Crippen LogP contribution in [0.1, 0.15) is 29.7 Å². The van der Waals surface area contributed by atoms with Crippen LogP contribution < -0.4 is 4.74 Å². The van der Waals surface area contributed by atoms with Crippen molar-refractivity contribution in [1.29, 1.82) is 0 Å². The van der Waals surface area contributed by atoms with Crippen molar-refractivity contribution in [2.45, 2.75) is 26.6 Å². The summed E-state index contributed by atoms with van der Waals surface area (Å²) in [5.41, 5.74) is 2.66. The summed E-state index contributed by atoms with van der Waals surface area (Å²) < 4.78 is 19.3. The molecule has 2 nitrogen and oxygen atoms in total. The molecule has 0 radical (unpaired) electrons. The van der Waals surface area contributed by atoms with Crippen LogP contribution >= 0.6 is 15.9 Å². The lowest BCUT2D eigenvalue weighted by Gasteiger charge is -2.14. The third-order valence-electron chi connectivity index (χ3n) is 3.00. The number of benzene rings is 2. The molecule has 0 heterocycles.